The van der Waals surface area contributed by atoms with Crippen molar-refractivity contribution >= 4 is 27.7 Å². The van der Waals surface area contributed by atoms with E-state index < -0.39 is 5.91 Å². The molecule has 0 fully saturated rings. The number of carbonyl (C=O) groups excluding carboxylic acids is 1. The Hall–Kier alpha value is -3.39. The molecule has 0 saturated heterocycles. The molecule has 4 rings (SSSR count). The van der Waals surface area contributed by atoms with E-state index in [1.807, 2.05) is 24.3 Å². The molecule has 2 aromatic carbocycles. The molecule has 0 bridgehead atoms. The second-order valence-electron chi connectivity index (χ2n) is 6.49. The first-order valence-corrected chi connectivity index (χ1v) is 9.91. The Morgan fingerprint density at radius 3 is 2.60 bits per heavy atom. The lowest BCUT2D eigenvalue weighted by atomic mass is 10.2. The van der Waals surface area contributed by atoms with Gasteiger partial charge in [-0.05, 0) is 54.1 Å². The molecular weight excluding hydrogens is 453 g/mol. The molecule has 0 spiro atoms. The van der Waals surface area contributed by atoms with E-state index in [1.54, 1.807) is 41.2 Å². The second-order valence-corrected chi connectivity index (χ2v) is 7.40. The fourth-order valence-electron chi connectivity index (χ4n) is 2.73. The number of halogens is 2. The first-order valence-electron chi connectivity index (χ1n) is 9.11. The van der Waals surface area contributed by atoms with E-state index in [9.17, 15) is 9.18 Å². The van der Waals surface area contributed by atoms with Crippen molar-refractivity contribution in [2.75, 3.05) is 5.32 Å². The molecule has 2 aromatic heterocycles. The Balaban J connectivity index is 1.32. The molecule has 1 N–H and O–H groups in total. The van der Waals surface area contributed by atoms with Crippen LogP contribution in [-0.4, -0.2) is 15.7 Å². The van der Waals surface area contributed by atoms with Gasteiger partial charge in [0.15, 0.2) is 11.6 Å². The quantitative estimate of drug-likeness (QED) is 0.400. The molecule has 2 heterocycles. The first kappa shape index (κ1) is 19.9. The molecule has 152 valence electrons. The number of ether oxygens (including phenoxy) is 1. The highest BCUT2D eigenvalue weighted by Gasteiger charge is 2.13. The smallest absolute Gasteiger partial charge is 0.292 e. The van der Waals surface area contributed by atoms with Gasteiger partial charge in [-0.15, -0.1) is 0 Å². The van der Waals surface area contributed by atoms with Gasteiger partial charge in [0.25, 0.3) is 5.91 Å². The van der Waals surface area contributed by atoms with Crippen molar-refractivity contribution in [3.8, 4) is 5.75 Å². The molecule has 6 nitrogen and oxygen atoms in total. The van der Waals surface area contributed by atoms with Gasteiger partial charge in [0.1, 0.15) is 23.9 Å². The minimum atomic E-state index is -0.406. The molecule has 8 heteroatoms. The van der Waals surface area contributed by atoms with Crippen LogP contribution in [0.1, 0.15) is 21.9 Å². The van der Waals surface area contributed by atoms with E-state index in [2.05, 4.69) is 26.3 Å². The zero-order valence-electron chi connectivity index (χ0n) is 15.7. The van der Waals surface area contributed by atoms with Crippen LogP contribution in [0, 0.1) is 5.82 Å². The van der Waals surface area contributed by atoms with Gasteiger partial charge in [-0.2, -0.15) is 5.10 Å². The Morgan fingerprint density at radius 1 is 1.07 bits per heavy atom. The van der Waals surface area contributed by atoms with Gasteiger partial charge in [-0.3, -0.25) is 9.48 Å². The van der Waals surface area contributed by atoms with Crippen molar-refractivity contribution in [3.05, 3.63) is 100 Å². The topological polar surface area (TPSA) is 69.3 Å². The van der Waals surface area contributed by atoms with Crippen molar-refractivity contribution < 1.29 is 18.3 Å². The summed E-state index contributed by atoms with van der Waals surface area (Å²) >= 11 is 3.37. The number of amides is 1. The summed E-state index contributed by atoms with van der Waals surface area (Å²) in [5, 5.41) is 7.00. The average Bonchev–Trinajstić information content (AvgIpc) is 3.39. The highest BCUT2D eigenvalue weighted by atomic mass is 79.9. The van der Waals surface area contributed by atoms with Gasteiger partial charge in [-0.1, -0.05) is 28.1 Å². The number of nitrogens with one attached hydrogen (secondary N) is 1. The molecule has 0 saturated carbocycles. The second kappa shape index (κ2) is 8.96. The summed E-state index contributed by atoms with van der Waals surface area (Å²) in [6.07, 6.45) is 1.73. The monoisotopic (exact) mass is 469 g/mol. The third kappa shape index (κ3) is 5.15. The van der Waals surface area contributed by atoms with Crippen LogP contribution in [0.3, 0.4) is 0 Å². The predicted octanol–water partition coefficient (Wildman–Crippen LogP) is 5.26. The van der Waals surface area contributed by atoms with Crippen molar-refractivity contribution in [1.29, 1.82) is 0 Å². The summed E-state index contributed by atoms with van der Waals surface area (Å²) in [5.41, 5.74) is 0.902. The number of carbonyl (C=O) groups is 1. The van der Waals surface area contributed by atoms with E-state index in [4.69, 9.17) is 9.15 Å². The molecule has 0 radical (unpaired) electrons. The van der Waals surface area contributed by atoms with Gasteiger partial charge in [-0.25, -0.2) is 4.39 Å². The largest absolute Gasteiger partial charge is 0.486 e. The Kier molecular flexibility index (Phi) is 5.94. The highest BCUT2D eigenvalue weighted by Crippen LogP contribution is 2.18. The van der Waals surface area contributed by atoms with Gasteiger partial charge in [0, 0.05) is 16.7 Å². The maximum absolute atomic E-state index is 13.0. The van der Waals surface area contributed by atoms with E-state index in [0.29, 0.717) is 23.9 Å². The van der Waals surface area contributed by atoms with E-state index >= 15 is 0 Å². The summed E-state index contributed by atoms with van der Waals surface area (Å²) in [6, 6.07) is 18.6. The number of rotatable bonds is 7. The first-order chi connectivity index (χ1) is 14.5. The number of aromatic nitrogens is 2. The predicted molar refractivity (Wildman–Crippen MR) is 113 cm³/mol. The van der Waals surface area contributed by atoms with Gasteiger partial charge < -0.3 is 14.5 Å². The number of furan rings is 1. The third-order valence-electron chi connectivity index (χ3n) is 4.22. The molecule has 0 aliphatic carbocycles. The highest BCUT2D eigenvalue weighted by molar-refractivity contribution is 9.10. The van der Waals surface area contributed by atoms with Crippen LogP contribution in [0.2, 0.25) is 0 Å². The molecule has 30 heavy (non-hydrogen) atoms. The third-order valence-corrected chi connectivity index (χ3v) is 4.75. The fraction of sp³-hybridized carbons (Fsp3) is 0.0909. The maximum atomic E-state index is 13.0. The summed E-state index contributed by atoms with van der Waals surface area (Å²) in [4.78, 5) is 12.4. The molecule has 1 amide bonds. The zero-order chi connectivity index (χ0) is 20.9. The van der Waals surface area contributed by atoms with Gasteiger partial charge in [0.2, 0.25) is 0 Å². The van der Waals surface area contributed by atoms with E-state index in [-0.39, 0.29) is 18.2 Å². The normalized spacial score (nSPS) is 10.7. The molecule has 0 aliphatic rings. The summed E-state index contributed by atoms with van der Waals surface area (Å²) in [7, 11) is 0. The van der Waals surface area contributed by atoms with Crippen LogP contribution >= 0.6 is 15.9 Å². The Morgan fingerprint density at radius 2 is 1.83 bits per heavy atom. The summed E-state index contributed by atoms with van der Waals surface area (Å²) in [5.74, 6) is 1.10. The van der Waals surface area contributed by atoms with Crippen molar-refractivity contribution in [2.24, 2.45) is 0 Å². The number of anilines is 1. The van der Waals surface area contributed by atoms with Crippen LogP contribution in [-0.2, 0) is 13.2 Å². The average molecular weight is 470 g/mol. The van der Waals surface area contributed by atoms with Crippen molar-refractivity contribution in [1.82, 2.24) is 9.78 Å². The Bertz CT molecular complexity index is 1140. The van der Waals surface area contributed by atoms with Crippen LogP contribution in [0.25, 0.3) is 0 Å². The lowest BCUT2D eigenvalue weighted by molar-refractivity contribution is 0.0992. The van der Waals surface area contributed by atoms with Crippen LogP contribution in [0.5, 0.6) is 5.75 Å². The lowest BCUT2D eigenvalue weighted by Crippen LogP contribution is -2.12. The molecule has 0 unspecified atom stereocenters. The minimum Gasteiger partial charge on any atom is -0.486 e. The molecular formula is C22H17BrFN3O3. The van der Waals surface area contributed by atoms with Crippen LogP contribution in [0.15, 0.2) is 81.8 Å². The SMILES string of the molecule is O=C(Nc1ccn(Cc2ccc(F)cc2)n1)c1ccc(COc2ccc(Br)cc2)o1. The summed E-state index contributed by atoms with van der Waals surface area (Å²) < 4.78 is 26.8. The van der Waals surface area contributed by atoms with Crippen molar-refractivity contribution in [2.45, 2.75) is 13.2 Å². The number of benzene rings is 2. The number of hydrogen-bond donors (Lipinski definition) is 1. The zero-order valence-corrected chi connectivity index (χ0v) is 17.3. The standard InChI is InChI=1S/C22H17BrFN3O3/c23-16-3-7-18(8-4-16)29-14-19-9-10-20(30-19)22(28)25-21-11-12-27(26-21)13-15-1-5-17(24)6-2-15/h1-12H,13-14H2,(H,25,26,28). The van der Waals surface area contributed by atoms with Crippen LogP contribution in [0.4, 0.5) is 10.2 Å². The number of hydrogen-bond acceptors (Lipinski definition) is 4. The fourth-order valence-corrected chi connectivity index (χ4v) is 3.00. The molecule has 4 aromatic rings. The maximum Gasteiger partial charge on any atom is 0.292 e. The van der Waals surface area contributed by atoms with E-state index in [0.717, 1.165) is 10.0 Å². The van der Waals surface area contributed by atoms with Gasteiger partial charge in [0.05, 0.1) is 6.54 Å². The molecule has 0 aliphatic heterocycles. The Labute approximate surface area is 180 Å². The molecule has 0 atom stereocenters. The minimum absolute atomic E-state index is 0.164. The summed E-state index contributed by atoms with van der Waals surface area (Å²) in [6.45, 7) is 0.676. The lowest BCUT2D eigenvalue weighted by Gasteiger charge is -2.04. The number of nitrogens with zero attached hydrogens (tertiary/aromatic N) is 2. The van der Waals surface area contributed by atoms with E-state index in [1.165, 1.54) is 12.1 Å². The van der Waals surface area contributed by atoms with Crippen LogP contribution < -0.4 is 10.1 Å². The van der Waals surface area contributed by atoms with Crippen molar-refractivity contribution in [3.63, 3.8) is 0 Å². The van der Waals surface area contributed by atoms with Gasteiger partial charge >= 0.3 is 0 Å².